The Hall–Kier alpha value is -3.38. The maximum Gasteiger partial charge on any atom is 0.219 e. The van der Waals surface area contributed by atoms with Gasteiger partial charge in [-0.1, -0.05) is 88.4 Å². The van der Waals surface area contributed by atoms with E-state index in [2.05, 4.69) is 140 Å². The largest absolute Gasteiger partial charge is 0.356 e. The van der Waals surface area contributed by atoms with Crippen molar-refractivity contribution in [1.82, 2.24) is 15.1 Å². The van der Waals surface area contributed by atoms with E-state index in [4.69, 9.17) is 17.2 Å². The third-order valence-electron chi connectivity index (χ3n) is 15.6. The van der Waals surface area contributed by atoms with E-state index >= 15 is 0 Å². The number of rotatable bonds is 37. The van der Waals surface area contributed by atoms with Crippen molar-refractivity contribution in [3.63, 3.8) is 0 Å². The number of carbonyl (C=O) groups excluding carboxylic acids is 1. The van der Waals surface area contributed by atoms with Crippen LogP contribution in [0.2, 0.25) is 0 Å². The van der Waals surface area contributed by atoms with Crippen LogP contribution in [0, 0.1) is 0 Å². The number of hydrogen-bond acceptors (Lipinski definition) is 7. The van der Waals surface area contributed by atoms with Gasteiger partial charge in [-0.25, -0.2) is 0 Å². The minimum absolute atomic E-state index is 0.0812. The molecule has 10 nitrogen and oxygen atoms in total. The van der Waals surface area contributed by atoms with E-state index in [1.807, 2.05) is 0 Å². The minimum Gasteiger partial charge on any atom is -0.356 e. The molecule has 0 spiro atoms. The Balaban J connectivity index is 1.24. The molecule has 0 saturated carbocycles. The molecule has 10 heteroatoms. The van der Waals surface area contributed by atoms with Crippen molar-refractivity contribution < 1.29 is 13.9 Å². The quantitative estimate of drug-likeness (QED) is 0.0303. The van der Waals surface area contributed by atoms with Crippen LogP contribution < -0.4 is 27.4 Å². The molecule has 0 atom stereocenters. The van der Waals surface area contributed by atoms with Crippen molar-refractivity contribution in [2.45, 2.75) is 156 Å². The zero-order valence-corrected chi connectivity index (χ0v) is 44.6. The molecule has 0 aliphatic carbocycles. The number of nitrogens with two attached hydrogens (primary N) is 3. The van der Waals surface area contributed by atoms with E-state index in [0.717, 1.165) is 117 Å². The maximum absolute atomic E-state index is 13.0. The third-order valence-corrected chi connectivity index (χ3v) is 15.6. The SMILES string of the molecule is CC[N+](CC)(CC)CCC[N+]1=C(/C=C/C=C2/N(CCCCCC(=O)NCCCN(CCCN)CCCCCCCCN(CCCN)CCCN)c3ccccc3C2(C)C)C(C)(C)c2ccccc21. The second kappa shape index (κ2) is 30.4. The van der Waals surface area contributed by atoms with E-state index in [9.17, 15) is 4.79 Å². The molecule has 0 bridgehead atoms. The molecule has 0 saturated heterocycles. The third kappa shape index (κ3) is 16.9. The Morgan fingerprint density at radius 2 is 1.18 bits per heavy atom. The molecule has 0 radical (unpaired) electrons. The summed E-state index contributed by atoms with van der Waals surface area (Å²) in [5.74, 6) is 0.182. The van der Waals surface area contributed by atoms with Crippen LogP contribution >= 0.6 is 0 Å². The van der Waals surface area contributed by atoms with Gasteiger partial charge in [-0.15, -0.1) is 0 Å². The number of nitrogens with zero attached hydrogens (tertiary/aromatic N) is 5. The first-order valence-electron chi connectivity index (χ1n) is 27.6. The lowest BCUT2D eigenvalue weighted by Crippen LogP contribution is -2.48. The first-order valence-corrected chi connectivity index (χ1v) is 27.6. The molecule has 2 aliphatic rings. The van der Waals surface area contributed by atoms with Crippen LogP contribution in [0.15, 0.2) is 72.5 Å². The monoisotopic (exact) mass is 940 g/mol. The topological polar surface area (TPSA) is 120 Å². The van der Waals surface area contributed by atoms with Gasteiger partial charge >= 0.3 is 0 Å². The molecule has 2 aromatic carbocycles. The second-order valence-electron chi connectivity index (χ2n) is 21.0. The van der Waals surface area contributed by atoms with Gasteiger partial charge in [-0.2, -0.15) is 4.58 Å². The Morgan fingerprint density at radius 3 is 1.78 bits per heavy atom. The highest BCUT2D eigenvalue weighted by Gasteiger charge is 2.44. The van der Waals surface area contributed by atoms with Gasteiger partial charge < -0.3 is 41.7 Å². The molecule has 1 amide bonds. The van der Waals surface area contributed by atoms with Gasteiger partial charge in [0.05, 0.1) is 38.0 Å². The number of benzene rings is 2. The highest BCUT2D eigenvalue weighted by Crippen LogP contribution is 2.48. The van der Waals surface area contributed by atoms with Gasteiger partial charge in [0.15, 0.2) is 12.3 Å². The summed E-state index contributed by atoms with van der Waals surface area (Å²) in [5.41, 5.74) is 25.4. The summed E-state index contributed by atoms with van der Waals surface area (Å²) in [6, 6.07) is 18.0. The fourth-order valence-electron chi connectivity index (χ4n) is 11.0. The fourth-order valence-corrected chi connectivity index (χ4v) is 11.0. The Bertz CT molecular complexity index is 1830. The predicted molar refractivity (Wildman–Crippen MR) is 292 cm³/mol. The lowest BCUT2D eigenvalue weighted by molar-refractivity contribution is -0.924. The molecular formula is C58H101N9O+2. The lowest BCUT2D eigenvalue weighted by Gasteiger charge is -2.35. The van der Waals surface area contributed by atoms with Crippen LogP contribution in [0.1, 0.15) is 156 Å². The normalized spacial score (nSPS) is 16.0. The highest BCUT2D eigenvalue weighted by molar-refractivity contribution is 6.03. The average molecular weight is 941 g/mol. The summed E-state index contributed by atoms with van der Waals surface area (Å²) in [6.45, 7) is 32.8. The van der Waals surface area contributed by atoms with E-state index in [-0.39, 0.29) is 16.7 Å². The van der Waals surface area contributed by atoms with Crippen LogP contribution in [-0.4, -0.2) is 135 Å². The number of nitrogens with one attached hydrogen (secondary N) is 1. The highest BCUT2D eigenvalue weighted by atomic mass is 16.1. The van der Waals surface area contributed by atoms with Crippen LogP contribution in [0.5, 0.6) is 0 Å². The molecular weight excluding hydrogens is 839 g/mol. The van der Waals surface area contributed by atoms with Crippen molar-refractivity contribution in [3.8, 4) is 0 Å². The maximum atomic E-state index is 13.0. The molecule has 2 aromatic rings. The number of fused-ring (bicyclic) bond motifs is 2. The molecule has 0 aromatic heterocycles. The minimum atomic E-state index is -0.112. The second-order valence-corrected chi connectivity index (χ2v) is 21.0. The standard InChI is InChI=1S/C58H100N9O/c1-8-67(9-2,10-3)49-29-48-66-53-33-20-18-31-51(53)58(6,7)55(66)35-24-34-54-57(4,5)50-30-17-19-32-52(50)65(54)47-23-15-16-36-56(68)62-40-28-46-64(45-27-39-61)42-22-14-12-11-13-21-41-63(43-25-37-59)44-26-38-60/h17-20,24,30-35H,8-16,21-23,25-29,36-49,59-61H2,1-7H3/q+1/p+1. The van der Waals surface area contributed by atoms with Gasteiger partial charge in [0.2, 0.25) is 11.6 Å². The van der Waals surface area contributed by atoms with Gasteiger partial charge in [0.25, 0.3) is 0 Å². The van der Waals surface area contributed by atoms with Crippen molar-refractivity contribution in [3.05, 3.63) is 83.6 Å². The van der Waals surface area contributed by atoms with E-state index in [1.54, 1.807) is 0 Å². The number of carbonyl (C=O) groups is 1. The zero-order valence-electron chi connectivity index (χ0n) is 44.6. The first kappa shape index (κ1) is 57.2. The molecule has 2 aliphatic heterocycles. The van der Waals surface area contributed by atoms with E-state index in [0.29, 0.717) is 6.42 Å². The summed E-state index contributed by atoms with van der Waals surface area (Å²) in [4.78, 5) is 20.6. The Labute approximate surface area is 416 Å². The summed E-state index contributed by atoms with van der Waals surface area (Å²) in [7, 11) is 0. The van der Waals surface area contributed by atoms with Crippen molar-refractivity contribution in [2.75, 3.05) is 110 Å². The summed E-state index contributed by atoms with van der Waals surface area (Å²) < 4.78 is 3.79. The predicted octanol–water partition coefficient (Wildman–Crippen LogP) is 9.62. The number of quaternary nitrogens is 1. The van der Waals surface area contributed by atoms with Gasteiger partial charge in [0.1, 0.15) is 0 Å². The number of hydrogen-bond donors (Lipinski definition) is 4. The molecule has 7 N–H and O–H groups in total. The van der Waals surface area contributed by atoms with E-state index < -0.39 is 0 Å². The van der Waals surface area contributed by atoms with Gasteiger partial charge in [-0.3, -0.25) is 4.79 Å². The molecule has 68 heavy (non-hydrogen) atoms. The van der Waals surface area contributed by atoms with Crippen molar-refractivity contribution >= 4 is 23.0 Å². The number of amides is 1. The summed E-state index contributed by atoms with van der Waals surface area (Å²) >= 11 is 0. The summed E-state index contributed by atoms with van der Waals surface area (Å²) in [5, 5.41) is 3.23. The number of unbranched alkanes of at least 4 members (excludes halogenated alkanes) is 7. The van der Waals surface area contributed by atoms with Crippen LogP contribution in [0.4, 0.5) is 11.4 Å². The average Bonchev–Trinajstić information content (AvgIpc) is 3.69. The smallest absolute Gasteiger partial charge is 0.219 e. The number of anilines is 1. The van der Waals surface area contributed by atoms with Gasteiger partial charge in [-0.05, 0) is 163 Å². The Morgan fingerprint density at radius 1 is 0.647 bits per heavy atom. The molecule has 0 unspecified atom stereocenters. The summed E-state index contributed by atoms with van der Waals surface area (Å²) in [6.07, 6.45) is 23.7. The first-order chi connectivity index (χ1) is 32.9. The molecule has 0 fully saturated rings. The van der Waals surface area contributed by atoms with E-state index in [1.165, 1.54) is 116 Å². The van der Waals surface area contributed by atoms with Gasteiger partial charge in [0, 0.05) is 54.0 Å². The van der Waals surface area contributed by atoms with Crippen LogP contribution in [-0.2, 0) is 15.6 Å². The van der Waals surface area contributed by atoms with Crippen molar-refractivity contribution in [2.24, 2.45) is 17.2 Å². The van der Waals surface area contributed by atoms with Crippen molar-refractivity contribution in [1.29, 1.82) is 0 Å². The molecule has 2 heterocycles. The zero-order chi connectivity index (χ0) is 49.3. The molecule has 382 valence electrons. The number of allylic oxidation sites excluding steroid dienone is 4. The molecule has 4 rings (SSSR count). The Kier molecular flexibility index (Phi) is 25.6. The lowest BCUT2D eigenvalue weighted by atomic mass is 9.81. The van der Waals surface area contributed by atoms with Crippen LogP contribution in [0.3, 0.4) is 0 Å². The number of para-hydroxylation sites is 2. The van der Waals surface area contributed by atoms with Crippen LogP contribution in [0.25, 0.3) is 0 Å². The fraction of sp³-hybridized carbons (Fsp3) is 0.690.